The maximum atomic E-state index is 14.6. The molecule has 188 valence electrons. The summed E-state index contributed by atoms with van der Waals surface area (Å²) in [7, 11) is 0. The van der Waals surface area contributed by atoms with Gasteiger partial charge in [-0.25, -0.2) is 0 Å². The van der Waals surface area contributed by atoms with Gasteiger partial charge in [-0.2, -0.15) is 27.2 Å². The smallest absolute Gasteiger partial charge is 0.342 e. The third kappa shape index (κ3) is 7.09. The zero-order chi connectivity index (χ0) is 26.4. The first kappa shape index (κ1) is 27.9. The number of alkyl halides is 5. The van der Waals surface area contributed by atoms with Crippen LogP contribution in [0.1, 0.15) is 49.2 Å². The molecule has 35 heavy (non-hydrogen) atoms. The van der Waals surface area contributed by atoms with Gasteiger partial charge in [0.2, 0.25) is 5.91 Å². The van der Waals surface area contributed by atoms with Crippen molar-refractivity contribution in [2.24, 2.45) is 5.92 Å². The van der Waals surface area contributed by atoms with Crippen molar-refractivity contribution in [3.05, 3.63) is 59.7 Å². The van der Waals surface area contributed by atoms with Crippen molar-refractivity contribution >= 4 is 11.7 Å². The van der Waals surface area contributed by atoms with Gasteiger partial charge in [-0.1, -0.05) is 62.4 Å². The first-order valence-electron chi connectivity index (χ1n) is 10.8. The summed E-state index contributed by atoms with van der Waals surface area (Å²) in [5, 5.41) is 13.1. The maximum Gasteiger partial charge on any atom is 0.455 e. The first-order valence-corrected chi connectivity index (χ1v) is 10.8. The number of halogens is 5. The van der Waals surface area contributed by atoms with E-state index in [1.54, 1.807) is 44.2 Å². The van der Waals surface area contributed by atoms with Crippen LogP contribution in [0.3, 0.4) is 0 Å². The summed E-state index contributed by atoms with van der Waals surface area (Å²) >= 11 is 0. The van der Waals surface area contributed by atoms with Crippen molar-refractivity contribution in [2.75, 3.05) is 6.54 Å². The van der Waals surface area contributed by atoms with Crippen molar-refractivity contribution in [1.29, 1.82) is 5.26 Å². The van der Waals surface area contributed by atoms with E-state index in [1.807, 2.05) is 0 Å². The number of hydrogen-bond acceptors (Lipinski definition) is 4. The molecule has 2 atom stereocenters. The molecular weight excluding hydrogens is 469 g/mol. The molecule has 0 aliphatic rings. The Labute approximate surface area is 200 Å². The number of ketones is 1. The highest BCUT2D eigenvalue weighted by Crippen LogP contribution is 2.45. The van der Waals surface area contributed by atoms with Gasteiger partial charge >= 0.3 is 12.1 Å². The molecular formula is C25H26F5N3O2. The molecule has 0 aliphatic heterocycles. The van der Waals surface area contributed by atoms with Crippen molar-refractivity contribution in [3.8, 4) is 17.2 Å². The lowest BCUT2D eigenvalue weighted by Gasteiger charge is -2.33. The van der Waals surface area contributed by atoms with Crippen LogP contribution in [0.15, 0.2) is 48.5 Å². The molecule has 0 heterocycles. The second-order valence-corrected chi connectivity index (χ2v) is 8.53. The summed E-state index contributed by atoms with van der Waals surface area (Å²) in [4.78, 5) is 23.9. The Hall–Kier alpha value is -3.32. The average Bonchev–Trinajstić information content (AvgIpc) is 2.79. The van der Waals surface area contributed by atoms with Gasteiger partial charge in [0, 0.05) is 5.56 Å². The largest absolute Gasteiger partial charge is 0.455 e. The fourth-order valence-electron chi connectivity index (χ4n) is 3.51. The standard InChI is InChI=1S/C25H26F5N3O2/c1-15(2)14-21(23(35)32-13-12-31)33-22(24(26,27)25(28,29)30)20-10-8-19(9-11-20)18-6-4-17(5-7-18)16(3)34/h4-11,15,21-22,33H,13-14H2,1-3H3,(H,32,35)/t21-,22-/m0/s1. The molecule has 0 aromatic heterocycles. The molecule has 0 spiro atoms. The lowest BCUT2D eigenvalue weighted by Crippen LogP contribution is -2.54. The van der Waals surface area contributed by atoms with Crippen LogP contribution in [0.25, 0.3) is 11.1 Å². The molecule has 2 rings (SSSR count). The summed E-state index contributed by atoms with van der Waals surface area (Å²) in [5.74, 6) is -6.38. The van der Waals surface area contributed by atoms with Gasteiger partial charge in [0.15, 0.2) is 5.78 Å². The van der Waals surface area contributed by atoms with E-state index < -0.39 is 36.6 Å². The van der Waals surface area contributed by atoms with E-state index in [0.29, 0.717) is 16.7 Å². The van der Waals surface area contributed by atoms with Crippen LogP contribution in [0.5, 0.6) is 0 Å². The second kappa shape index (κ2) is 11.4. The molecule has 0 radical (unpaired) electrons. The number of carbonyl (C=O) groups excluding carboxylic acids is 2. The summed E-state index contributed by atoms with van der Waals surface area (Å²) in [6.45, 7) is 4.38. The predicted molar refractivity (Wildman–Crippen MR) is 121 cm³/mol. The normalized spacial score (nSPS) is 13.7. The third-order valence-electron chi connectivity index (χ3n) is 5.34. The molecule has 1 amide bonds. The third-order valence-corrected chi connectivity index (χ3v) is 5.34. The van der Waals surface area contributed by atoms with Crippen LogP contribution in [-0.4, -0.2) is 36.4 Å². The molecule has 0 aliphatic carbocycles. The van der Waals surface area contributed by atoms with Gasteiger partial charge in [0.05, 0.1) is 12.1 Å². The van der Waals surface area contributed by atoms with E-state index in [1.165, 1.54) is 19.1 Å². The van der Waals surface area contributed by atoms with Gasteiger partial charge < -0.3 is 5.32 Å². The van der Waals surface area contributed by atoms with Gasteiger partial charge in [-0.3, -0.25) is 14.9 Å². The van der Waals surface area contributed by atoms with Crippen LogP contribution in [-0.2, 0) is 4.79 Å². The van der Waals surface area contributed by atoms with E-state index in [0.717, 1.165) is 12.1 Å². The SMILES string of the molecule is CC(=O)c1ccc(-c2ccc([C@H](N[C@@H](CC(C)C)C(=O)NCC#N)C(F)(F)C(F)(F)F)cc2)cc1. The van der Waals surface area contributed by atoms with E-state index in [-0.39, 0.29) is 23.7 Å². The molecule has 2 N–H and O–H groups in total. The van der Waals surface area contributed by atoms with Gasteiger partial charge in [0.25, 0.3) is 0 Å². The Morgan fingerprint density at radius 3 is 1.89 bits per heavy atom. The molecule has 0 saturated carbocycles. The number of benzene rings is 2. The molecule has 0 bridgehead atoms. The Kier molecular flexibility index (Phi) is 9.10. The first-order chi connectivity index (χ1) is 16.3. The zero-order valence-electron chi connectivity index (χ0n) is 19.4. The molecule has 10 heteroatoms. The Balaban J connectivity index is 2.44. The Morgan fingerprint density at radius 1 is 0.943 bits per heavy atom. The van der Waals surface area contributed by atoms with E-state index >= 15 is 0 Å². The van der Waals surface area contributed by atoms with Crippen LogP contribution in [0.2, 0.25) is 0 Å². The minimum absolute atomic E-state index is 0.0255. The number of nitriles is 1. The lowest BCUT2D eigenvalue weighted by molar-refractivity contribution is -0.295. The number of amides is 1. The number of nitrogens with zero attached hydrogens (tertiary/aromatic N) is 1. The maximum absolute atomic E-state index is 14.6. The minimum atomic E-state index is -5.88. The summed E-state index contributed by atoms with van der Waals surface area (Å²) in [5.41, 5.74) is 1.30. The summed E-state index contributed by atoms with van der Waals surface area (Å²) in [6.07, 6.45) is -5.90. The summed E-state index contributed by atoms with van der Waals surface area (Å²) < 4.78 is 69.4. The van der Waals surface area contributed by atoms with Crippen LogP contribution >= 0.6 is 0 Å². The molecule has 2 aromatic carbocycles. The summed E-state index contributed by atoms with van der Waals surface area (Å²) in [6, 6.07) is 9.27. The fraction of sp³-hybridized carbons (Fsp3) is 0.400. The van der Waals surface area contributed by atoms with Crippen LogP contribution < -0.4 is 10.6 Å². The number of rotatable bonds is 10. The molecule has 2 aromatic rings. The molecule has 0 saturated heterocycles. The molecule has 5 nitrogen and oxygen atoms in total. The lowest BCUT2D eigenvalue weighted by atomic mass is 9.94. The number of carbonyl (C=O) groups is 2. The Morgan fingerprint density at radius 2 is 1.46 bits per heavy atom. The molecule has 0 unspecified atom stereocenters. The van der Waals surface area contributed by atoms with Gasteiger partial charge in [0.1, 0.15) is 12.6 Å². The van der Waals surface area contributed by atoms with Crippen LogP contribution in [0, 0.1) is 17.2 Å². The highest BCUT2D eigenvalue weighted by Gasteiger charge is 2.63. The quantitative estimate of drug-likeness (QED) is 0.261. The number of nitrogens with one attached hydrogen (secondary N) is 2. The highest BCUT2D eigenvalue weighted by atomic mass is 19.4. The minimum Gasteiger partial charge on any atom is -0.342 e. The van der Waals surface area contributed by atoms with Gasteiger partial charge in [-0.05, 0) is 36.0 Å². The highest BCUT2D eigenvalue weighted by molar-refractivity contribution is 5.94. The fourth-order valence-corrected chi connectivity index (χ4v) is 3.51. The zero-order valence-corrected chi connectivity index (χ0v) is 19.4. The number of Topliss-reactive ketones (excluding diaryl/α,β-unsaturated/α-hetero) is 1. The Bertz CT molecular complexity index is 1060. The monoisotopic (exact) mass is 495 g/mol. The van der Waals surface area contributed by atoms with E-state index in [9.17, 15) is 31.5 Å². The number of hydrogen-bond donors (Lipinski definition) is 2. The topological polar surface area (TPSA) is 82.0 Å². The predicted octanol–water partition coefficient (Wildman–Crippen LogP) is 5.44. The average molecular weight is 495 g/mol. The molecule has 0 fully saturated rings. The van der Waals surface area contributed by atoms with Crippen molar-refractivity contribution in [1.82, 2.24) is 10.6 Å². The van der Waals surface area contributed by atoms with Crippen molar-refractivity contribution in [2.45, 2.75) is 51.4 Å². The van der Waals surface area contributed by atoms with Crippen molar-refractivity contribution in [3.63, 3.8) is 0 Å². The van der Waals surface area contributed by atoms with Crippen LogP contribution in [0.4, 0.5) is 22.0 Å². The van der Waals surface area contributed by atoms with E-state index in [2.05, 4.69) is 10.6 Å². The van der Waals surface area contributed by atoms with Gasteiger partial charge in [-0.15, -0.1) is 0 Å². The second-order valence-electron chi connectivity index (χ2n) is 8.53. The van der Waals surface area contributed by atoms with E-state index in [4.69, 9.17) is 5.26 Å². The van der Waals surface area contributed by atoms with Crippen molar-refractivity contribution < 1.29 is 31.5 Å².